The average Bonchev–Trinajstić information content (AvgIpc) is 3.28. The Kier molecular flexibility index (Phi) is 8.14. The molecular weight excluding hydrogens is 558 g/mol. The second-order valence-corrected chi connectivity index (χ2v) is 12.8. The highest BCUT2D eigenvalue weighted by molar-refractivity contribution is 6.30. The van der Waals surface area contributed by atoms with Crippen molar-refractivity contribution in [2.45, 2.75) is 81.6 Å². The van der Waals surface area contributed by atoms with Crippen molar-refractivity contribution in [2.75, 3.05) is 11.9 Å². The zero-order valence-corrected chi connectivity index (χ0v) is 24.4. The van der Waals surface area contributed by atoms with Crippen LogP contribution in [0.5, 0.6) is 5.75 Å². The van der Waals surface area contributed by atoms with Gasteiger partial charge in [0.05, 0.1) is 12.5 Å². The van der Waals surface area contributed by atoms with Gasteiger partial charge in [0.2, 0.25) is 6.43 Å². The molecule has 1 spiro atoms. The summed E-state index contributed by atoms with van der Waals surface area (Å²) >= 11 is 6.17. The lowest BCUT2D eigenvalue weighted by atomic mass is 9.59. The number of aromatic nitrogens is 1. The lowest BCUT2D eigenvalue weighted by Gasteiger charge is -2.47. The van der Waals surface area contributed by atoms with E-state index >= 15 is 0 Å². The SMILES string of the molecule is O=C(O)C1(Nc2cccc(Cl)c2)CCC2(CC1)c1ccccc1C[C@@H]2CC(COc1ccnc2c1CCCC2)C(F)F. The van der Waals surface area contributed by atoms with Gasteiger partial charge in [-0.3, -0.25) is 4.98 Å². The maximum absolute atomic E-state index is 14.6. The van der Waals surface area contributed by atoms with Crippen LogP contribution in [0.1, 0.15) is 67.3 Å². The second-order valence-electron chi connectivity index (χ2n) is 12.3. The third-order valence-electron chi connectivity index (χ3n) is 10.0. The quantitative estimate of drug-likeness (QED) is 0.264. The Bertz CT molecular complexity index is 1440. The number of carboxylic acids is 1. The first-order valence-electron chi connectivity index (χ1n) is 15.0. The Morgan fingerprint density at radius 2 is 1.86 bits per heavy atom. The number of halogens is 3. The van der Waals surface area contributed by atoms with Crippen molar-refractivity contribution in [3.05, 3.63) is 88.2 Å². The van der Waals surface area contributed by atoms with Crippen molar-refractivity contribution in [3.63, 3.8) is 0 Å². The van der Waals surface area contributed by atoms with Gasteiger partial charge < -0.3 is 15.2 Å². The van der Waals surface area contributed by atoms with E-state index in [9.17, 15) is 18.7 Å². The Morgan fingerprint density at radius 1 is 1.07 bits per heavy atom. The summed E-state index contributed by atoms with van der Waals surface area (Å²) in [5, 5.41) is 14.2. The number of benzene rings is 2. The van der Waals surface area contributed by atoms with Crippen LogP contribution in [-0.4, -0.2) is 34.6 Å². The third kappa shape index (κ3) is 5.48. The van der Waals surface area contributed by atoms with Gasteiger partial charge in [-0.1, -0.05) is 41.9 Å². The van der Waals surface area contributed by atoms with E-state index in [1.807, 2.05) is 18.2 Å². The molecule has 1 fully saturated rings. The Morgan fingerprint density at radius 3 is 2.62 bits per heavy atom. The van der Waals surface area contributed by atoms with Crippen LogP contribution >= 0.6 is 11.6 Å². The Balaban J connectivity index is 1.23. The number of hydrogen-bond acceptors (Lipinski definition) is 4. The van der Waals surface area contributed by atoms with Crippen LogP contribution in [0.25, 0.3) is 0 Å². The molecule has 0 aliphatic heterocycles. The van der Waals surface area contributed by atoms with Crippen LogP contribution in [0.4, 0.5) is 14.5 Å². The molecule has 1 aromatic heterocycles. The molecule has 0 amide bonds. The van der Waals surface area contributed by atoms with E-state index in [0.29, 0.717) is 55.0 Å². The van der Waals surface area contributed by atoms with Crippen molar-refractivity contribution in [1.29, 1.82) is 0 Å². The van der Waals surface area contributed by atoms with Gasteiger partial charge in [0, 0.05) is 28.2 Å². The van der Waals surface area contributed by atoms with E-state index in [-0.39, 0.29) is 17.9 Å². The van der Waals surface area contributed by atoms with Crippen molar-refractivity contribution in [3.8, 4) is 5.75 Å². The normalized spacial score (nSPS) is 25.6. The monoisotopic (exact) mass is 594 g/mol. The fourth-order valence-electron chi connectivity index (χ4n) is 7.74. The smallest absolute Gasteiger partial charge is 0.329 e. The van der Waals surface area contributed by atoms with E-state index in [2.05, 4.69) is 22.4 Å². The summed E-state index contributed by atoms with van der Waals surface area (Å²) in [5.74, 6) is -1.17. The number of aliphatic carboxylic acids is 1. The first-order chi connectivity index (χ1) is 20.3. The molecular formula is C34H37ClF2N2O3. The van der Waals surface area contributed by atoms with E-state index in [4.69, 9.17) is 16.3 Å². The molecule has 8 heteroatoms. The van der Waals surface area contributed by atoms with E-state index in [1.165, 1.54) is 11.1 Å². The van der Waals surface area contributed by atoms with Gasteiger partial charge in [-0.2, -0.15) is 0 Å². The molecule has 3 aromatic rings. The number of aryl methyl sites for hydroxylation is 1. The molecule has 5 nitrogen and oxygen atoms in total. The number of hydrogen-bond donors (Lipinski definition) is 2. The summed E-state index contributed by atoms with van der Waals surface area (Å²) in [6.07, 6.45) is 6.12. The number of carboxylic acid groups (broad SMARTS) is 1. The number of carbonyl (C=O) groups is 1. The molecule has 0 radical (unpaired) electrons. The van der Waals surface area contributed by atoms with Crippen LogP contribution < -0.4 is 10.1 Å². The van der Waals surface area contributed by atoms with Crippen LogP contribution in [0, 0.1) is 11.8 Å². The van der Waals surface area contributed by atoms with Gasteiger partial charge in [0.15, 0.2) is 0 Å². The van der Waals surface area contributed by atoms with Gasteiger partial charge in [0.1, 0.15) is 11.3 Å². The highest BCUT2D eigenvalue weighted by atomic mass is 35.5. The summed E-state index contributed by atoms with van der Waals surface area (Å²) in [6.45, 7) is -0.0492. The molecule has 2 N–H and O–H groups in total. The number of alkyl halides is 2. The molecule has 3 aliphatic carbocycles. The number of fused-ring (bicyclic) bond motifs is 3. The number of nitrogens with one attached hydrogen (secondary N) is 1. The zero-order valence-electron chi connectivity index (χ0n) is 23.6. The number of anilines is 1. The first-order valence-corrected chi connectivity index (χ1v) is 15.4. The highest BCUT2D eigenvalue weighted by Gasteiger charge is 2.54. The van der Waals surface area contributed by atoms with Crippen LogP contribution in [0.2, 0.25) is 5.02 Å². The third-order valence-corrected chi connectivity index (χ3v) is 10.2. The molecule has 1 unspecified atom stereocenters. The van der Waals surface area contributed by atoms with E-state index in [1.54, 1.807) is 30.5 Å². The highest BCUT2D eigenvalue weighted by Crippen LogP contribution is 2.56. The summed E-state index contributed by atoms with van der Waals surface area (Å²) in [5.41, 5.74) is 3.62. The fraction of sp³-hybridized carbons (Fsp3) is 0.471. The van der Waals surface area contributed by atoms with Gasteiger partial charge >= 0.3 is 5.97 Å². The van der Waals surface area contributed by atoms with Gasteiger partial charge in [-0.15, -0.1) is 0 Å². The van der Waals surface area contributed by atoms with Crippen LogP contribution in [0.15, 0.2) is 60.8 Å². The Labute approximate surface area is 250 Å². The maximum Gasteiger partial charge on any atom is 0.329 e. The summed E-state index contributed by atoms with van der Waals surface area (Å²) < 4.78 is 35.3. The lowest BCUT2D eigenvalue weighted by Crippen LogP contribution is -2.53. The van der Waals surface area contributed by atoms with Crippen LogP contribution in [-0.2, 0) is 29.5 Å². The molecule has 2 atom stereocenters. The average molecular weight is 595 g/mol. The minimum absolute atomic E-state index is 0.0261. The van der Waals surface area contributed by atoms with Crippen molar-refractivity contribution < 1.29 is 23.4 Å². The summed E-state index contributed by atoms with van der Waals surface area (Å²) in [4.78, 5) is 17.1. The zero-order chi connectivity index (χ0) is 29.3. The predicted molar refractivity (Wildman–Crippen MR) is 160 cm³/mol. The minimum Gasteiger partial charge on any atom is -0.493 e. The fourth-order valence-corrected chi connectivity index (χ4v) is 7.93. The van der Waals surface area contributed by atoms with Gasteiger partial charge in [-0.05, 0) is 111 Å². The number of pyridine rings is 1. The van der Waals surface area contributed by atoms with Gasteiger partial charge in [-0.25, -0.2) is 13.6 Å². The number of nitrogens with zero attached hydrogens (tertiary/aromatic N) is 1. The molecule has 1 saturated carbocycles. The maximum atomic E-state index is 14.6. The molecule has 3 aliphatic rings. The van der Waals surface area contributed by atoms with E-state index in [0.717, 1.165) is 36.9 Å². The number of ether oxygens (including phenoxy) is 1. The predicted octanol–water partition coefficient (Wildman–Crippen LogP) is 7.88. The molecule has 222 valence electrons. The first kappa shape index (κ1) is 28.9. The Hall–Kier alpha value is -3.19. The summed E-state index contributed by atoms with van der Waals surface area (Å²) in [6, 6.07) is 17.1. The largest absolute Gasteiger partial charge is 0.493 e. The second kappa shape index (κ2) is 11.8. The molecule has 0 saturated heterocycles. The molecule has 0 bridgehead atoms. The minimum atomic E-state index is -2.52. The molecule has 42 heavy (non-hydrogen) atoms. The lowest BCUT2D eigenvalue weighted by molar-refractivity contribution is -0.144. The number of rotatable bonds is 9. The topological polar surface area (TPSA) is 71.5 Å². The van der Waals surface area contributed by atoms with Gasteiger partial charge in [0.25, 0.3) is 0 Å². The van der Waals surface area contributed by atoms with E-state index < -0.39 is 23.9 Å². The van der Waals surface area contributed by atoms with Crippen molar-refractivity contribution in [2.24, 2.45) is 11.8 Å². The summed E-state index contributed by atoms with van der Waals surface area (Å²) in [7, 11) is 0. The molecule has 1 heterocycles. The standard InChI is InChI=1S/C34H37ClF2N2O3/c35-25-7-5-8-26(20-25)39-34(32(40)41)15-13-33(14-16-34)24(18-22-6-1-3-10-28(22)33)19-23(31(36)37)21-42-30-12-17-38-29-11-4-2-9-27(29)30/h1,3,5-8,10,12,17,20,23-24,31,39H,2,4,9,11,13-16,18-19,21H2,(H,40,41)/t23?,24-,33?,34?/m1/s1. The van der Waals surface area contributed by atoms with Crippen LogP contribution in [0.3, 0.4) is 0 Å². The van der Waals surface area contributed by atoms with Crippen molar-refractivity contribution >= 4 is 23.3 Å². The van der Waals surface area contributed by atoms with Crippen molar-refractivity contribution in [1.82, 2.24) is 4.98 Å². The molecule has 6 rings (SSSR count). The molecule has 2 aromatic carbocycles.